The topological polar surface area (TPSA) is 30.5 Å². The lowest BCUT2D eigenvalue weighted by atomic mass is 9.99. The Balaban J connectivity index is 0.00000192. The number of hydrogen-bond acceptors (Lipinski definition) is 3. The molecule has 1 aliphatic rings. The van der Waals surface area contributed by atoms with Gasteiger partial charge >= 0.3 is 0 Å². The highest BCUT2D eigenvalue weighted by molar-refractivity contribution is 5.85. The molecule has 1 saturated heterocycles. The fraction of sp³-hybridized carbons (Fsp3) is 0.368. The summed E-state index contributed by atoms with van der Waals surface area (Å²) >= 11 is 0. The highest BCUT2D eigenvalue weighted by atomic mass is 35.5. The Hall–Kier alpha value is -1.71. The van der Waals surface area contributed by atoms with Gasteiger partial charge in [-0.1, -0.05) is 42.5 Å². The molecule has 2 aromatic carbocycles. The number of benzene rings is 2. The van der Waals surface area contributed by atoms with Crippen LogP contribution in [0.1, 0.15) is 18.4 Å². The Morgan fingerprint density at radius 3 is 2.13 bits per heavy atom. The minimum atomic E-state index is 0. The fourth-order valence-corrected chi connectivity index (χ4v) is 2.68. The van der Waals surface area contributed by atoms with E-state index in [-0.39, 0.29) is 12.4 Å². The average molecular weight is 334 g/mol. The molecule has 3 nitrogen and oxygen atoms in total. The van der Waals surface area contributed by atoms with Crippen molar-refractivity contribution in [3.63, 3.8) is 0 Å². The summed E-state index contributed by atoms with van der Waals surface area (Å²) in [6, 6.07) is 18.1. The summed E-state index contributed by atoms with van der Waals surface area (Å²) in [6.07, 6.45) is 2.38. The van der Waals surface area contributed by atoms with E-state index in [4.69, 9.17) is 9.47 Å². The van der Waals surface area contributed by atoms with Crippen LogP contribution in [0, 0.1) is 5.92 Å². The van der Waals surface area contributed by atoms with Gasteiger partial charge in [0.1, 0.15) is 6.61 Å². The fourth-order valence-electron chi connectivity index (χ4n) is 2.68. The number of nitrogens with one attached hydrogen (secondary N) is 1. The van der Waals surface area contributed by atoms with Crippen molar-refractivity contribution in [3.05, 3.63) is 60.2 Å². The SMILES string of the molecule is Cl.c1ccc(COc2ccccc2OCC2CCNCC2)cc1. The third-order valence-corrected chi connectivity index (χ3v) is 4.02. The second-order valence-corrected chi connectivity index (χ2v) is 5.73. The first-order valence-electron chi connectivity index (χ1n) is 8.01. The number of ether oxygens (including phenoxy) is 2. The Kier molecular flexibility index (Phi) is 7.24. The van der Waals surface area contributed by atoms with Crippen LogP contribution in [-0.2, 0) is 6.61 Å². The van der Waals surface area contributed by atoms with Gasteiger partial charge in [0.2, 0.25) is 0 Å². The first-order valence-corrected chi connectivity index (χ1v) is 8.01. The molecule has 0 radical (unpaired) electrons. The monoisotopic (exact) mass is 333 g/mol. The molecule has 124 valence electrons. The quantitative estimate of drug-likeness (QED) is 0.864. The molecule has 0 aromatic heterocycles. The minimum absolute atomic E-state index is 0. The number of piperidine rings is 1. The van der Waals surface area contributed by atoms with Gasteiger partial charge in [-0.15, -0.1) is 12.4 Å². The van der Waals surface area contributed by atoms with Crippen LogP contribution >= 0.6 is 12.4 Å². The number of para-hydroxylation sites is 2. The van der Waals surface area contributed by atoms with E-state index in [9.17, 15) is 0 Å². The summed E-state index contributed by atoms with van der Waals surface area (Å²) in [5, 5.41) is 3.38. The first-order chi connectivity index (χ1) is 10.9. The smallest absolute Gasteiger partial charge is 0.161 e. The van der Waals surface area contributed by atoms with Crippen molar-refractivity contribution in [2.24, 2.45) is 5.92 Å². The van der Waals surface area contributed by atoms with Gasteiger partial charge in [-0.3, -0.25) is 0 Å². The molecule has 3 rings (SSSR count). The van der Waals surface area contributed by atoms with Crippen molar-refractivity contribution < 1.29 is 9.47 Å². The summed E-state index contributed by atoms with van der Waals surface area (Å²) < 4.78 is 11.9. The van der Waals surface area contributed by atoms with Gasteiger partial charge in [0.05, 0.1) is 6.61 Å². The normalized spacial score (nSPS) is 14.8. The van der Waals surface area contributed by atoms with Gasteiger partial charge < -0.3 is 14.8 Å². The summed E-state index contributed by atoms with van der Waals surface area (Å²) in [5.41, 5.74) is 1.16. The molecule has 0 saturated carbocycles. The van der Waals surface area contributed by atoms with Crippen molar-refractivity contribution >= 4 is 12.4 Å². The largest absolute Gasteiger partial charge is 0.489 e. The summed E-state index contributed by atoms with van der Waals surface area (Å²) in [4.78, 5) is 0. The third kappa shape index (κ3) is 5.45. The third-order valence-electron chi connectivity index (χ3n) is 4.02. The lowest BCUT2D eigenvalue weighted by Gasteiger charge is -2.23. The Morgan fingerprint density at radius 2 is 1.43 bits per heavy atom. The molecule has 4 heteroatoms. The zero-order chi connectivity index (χ0) is 15.0. The van der Waals surface area contributed by atoms with E-state index in [1.165, 1.54) is 12.8 Å². The van der Waals surface area contributed by atoms with Crippen LogP contribution < -0.4 is 14.8 Å². The Bertz CT molecular complexity index is 571. The van der Waals surface area contributed by atoms with Crippen molar-refractivity contribution in [1.82, 2.24) is 5.32 Å². The van der Waals surface area contributed by atoms with Crippen LogP contribution in [0.3, 0.4) is 0 Å². The maximum Gasteiger partial charge on any atom is 0.161 e. The first kappa shape index (κ1) is 17.6. The maximum absolute atomic E-state index is 6.01. The number of hydrogen-bond donors (Lipinski definition) is 1. The van der Waals surface area contributed by atoms with E-state index >= 15 is 0 Å². The van der Waals surface area contributed by atoms with Gasteiger partial charge in [-0.25, -0.2) is 0 Å². The highest BCUT2D eigenvalue weighted by Crippen LogP contribution is 2.28. The van der Waals surface area contributed by atoms with Crippen LogP contribution in [0.25, 0.3) is 0 Å². The highest BCUT2D eigenvalue weighted by Gasteiger charge is 2.14. The molecule has 0 aliphatic carbocycles. The molecule has 1 aliphatic heterocycles. The van der Waals surface area contributed by atoms with Gasteiger partial charge in [0, 0.05) is 0 Å². The standard InChI is InChI=1S/C19H23NO2.ClH/c1-2-6-16(7-3-1)14-21-18-8-4-5-9-19(18)22-15-17-10-12-20-13-11-17;/h1-9,17,20H,10-15H2;1H. The van der Waals surface area contributed by atoms with Crippen LogP contribution in [0.5, 0.6) is 11.5 Å². The van der Waals surface area contributed by atoms with Gasteiger partial charge in [0.25, 0.3) is 0 Å². The molecule has 0 unspecified atom stereocenters. The predicted molar refractivity (Wildman–Crippen MR) is 95.6 cm³/mol. The summed E-state index contributed by atoms with van der Waals surface area (Å²) in [7, 11) is 0. The van der Waals surface area contributed by atoms with E-state index in [2.05, 4.69) is 17.4 Å². The summed E-state index contributed by atoms with van der Waals surface area (Å²) in [6.45, 7) is 3.53. The molecule has 0 spiro atoms. The molecule has 2 aromatic rings. The van der Waals surface area contributed by atoms with Crippen molar-refractivity contribution in [3.8, 4) is 11.5 Å². The lowest BCUT2D eigenvalue weighted by molar-refractivity contribution is 0.202. The van der Waals surface area contributed by atoms with Crippen LogP contribution in [-0.4, -0.2) is 19.7 Å². The Morgan fingerprint density at radius 1 is 0.826 bits per heavy atom. The van der Waals surface area contributed by atoms with Crippen LogP contribution in [0.4, 0.5) is 0 Å². The van der Waals surface area contributed by atoms with E-state index in [0.717, 1.165) is 36.8 Å². The molecule has 23 heavy (non-hydrogen) atoms. The molecule has 1 N–H and O–H groups in total. The average Bonchev–Trinajstić information content (AvgIpc) is 2.61. The molecule has 1 fully saturated rings. The second-order valence-electron chi connectivity index (χ2n) is 5.73. The van der Waals surface area contributed by atoms with Crippen LogP contribution in [0.15, 0.2) is 54.6 Å². The zero-order valence-corrected chi connectivity index (χ0v) is 14.1. The Labute approximate surface area is 144 Å². The van der Waals surface area contributed by atoms with Crippen molar-refractivity contribution in [2.45, 2.75) is 19.4 Å². The number of halogens is 1. The van der Waals surface area contributed by atoms with E-state index in [1.807, 2.05) is 42.5 Å². The molecular weight excluding hydrogens is 310 g/mol. The molecule has 0 atom stereocenters. The molecule has 1 heterocycles. The van der Waals surface area contributed by atoms with E-state index < -0.39 is 0 Å². The zero-order valence-electron chi connectivity index (χ0n) is 13.2. The van der Waals surface area contributed by atoms with Gasteiger partial charge in [-0.05, 0) is 49.5 Å². The predicted octanol–water partition coefficient (Wildman–Crippen LogP) is 4.07. The molecule has 0 amide bonds. The van der Waals surface area contributed by atoms with Gasteiger partial charge in [-0.2, -0.15) is 0 Å². The van der Waals surface area contributed by atoms with Crippen LogP contribution in [0.2, 0.25) is 0 Å². The lowest BCUT2D eigenvalue weighted by Crippen LogP contribution is -2.30. The molecular formula is C19H24ClNO2. The van der Waals surface area contributed by atoms with Gasteiger partial charge in [0.15, 0.2) is 11.5 Å². The summed E-state index contributed by atoms with van der Waals surface area (Å²) in [5.74, 6) is 2.31. The van der Waals surface area contributed by atoms with E-state index in [0.29, 0.717) is 12.5 Å². The maximum atomic E-state index is 6.01. The molecule has 0 bridgehead atoms. The number of rotatable bonds is 6. The van der Waals surface area contributed by atoms with E-state index in [1.54, 1.807) is 0 Å². The van der Waals surface area contributed by atoms with Crippen molar-refractivity contribution in [2.75, 3.05) is 19.7 Å². The second kappa shape index (κ2) is 9.43. The van der Waals surface area contributed by atoms with Crippen molar-refractivity contribution in [1.29, 1.82) is 0 Å². The minimum Gasteiger partial charge on any atom is -0.489 e.